The zero-order chi connectivity index (χ0) is 28.3. The molecule has 0 aliphatic carbocycles. The van der Waals surface area contributed by atoms with Gasteiger partial charge in [0, 0.05) is 35.4 Å². The Balaban J connectivity index is 1.22. The van der Waals surface area contributed by atoms with Crippen molar-refractivity contribution in [3.8, 4) is 11.3 Å². The number of carbonyl (C=O) groups excluding carboxylic acids is 1. The average molecular weight is 630 g/mol. The molecule has 0 aliphatic heterocycles. The van der Waals surface area contributed by atoms with Crippen LogP contribution in [0.5, 0.6) is 0 Å². The Hall–Kier alpha value is -4.09. The molecule has 40 heavy (non-hydrogen) atoms. The van der Waals surface area contributed by atoms with Crippen LogP contribution in [-0.2, 0) is 19.3 Å². The van der Waals surface area contributed by atoms with Crippen LogP contribution in [0.15, 0.2) is 89.5 Å². The lowest BCUT2D eigenvalue weighted by molar-refractivity contribution is -0.137. The van der Waals surface area contributed by atoms with E-state index in [0.29, 0.717) is 22.9 Å². The number of carbonyl (C=O) groups is 1. The average Bonchev–Trinajstić information content (AvgIpc) is 3.31. The van der Waals surface area contributed by atoms with Crippen LogP contribution in [0.25, 0.3) is 16.9 Å². The molecule has 3 aromatic carbocycles. The predicted octanol–water partition coefficient (Wildman–Crippen LogP) is 7.76. The Morgan fingerprint density at radius 1 is 0.950 bits per heavy atom. The van der Waals surface area contributed by atoms with Crippen LogP contribution < -0.4 is 16.0 Å². The van der Waals surface area contributed by atoms with Crippen LogP contribution in [0.2, 0.25) is 5.02 Å². The monoisotopic (exact) mass is 628 g/mol. The van der Waals surface area contributed by atoms with E-state index in [9.17, 15) is 18.0 Å². The van der Waals surface area contributed by atoms with E-state index < -0.39 is 17.8 Å². The van der Waals surface area contributed by atoms with E-state index in [1.54, 1.807) is 10.7 Å². The quantitative estimate of drug-likeness (QED) is 0.172. The van der Waals surface area contributed by atoms with Crippen molar-refractivity contribution in [2.45, 2.75) is 19.3 Å². The van der Waals surface area contributed by atoms with Crippen molar-refractivity contribution in [3.05, 3.63) is 111 Å². The molecule has 5 rings (SSSR count). The first kappa shape index (κ1) is 27.5. The zero-order valence-electron chi connectivity index (χ0n) is 20.6. The van der Waals surface area contributed by atoms with Crippen LogP contribution in [-0.4, -0.2) is 20.6 Å². The van der Waals surface area contributed by atoms with Crippen molar-refractivity contribution in [3.63, 3.8) is 0 Å². The molecule has 2 amide bonds. The fraction of sp³-hybridized carbons (Fsp3) is 0.107. The van der Waals surface area contributed by atoms with Gasteiger partial charge in [-0.3, -0.25) is 0 Å². The predicted molar refractivity (Wildman–Crippen MR) is 152 cm³/mol. The molecule has 0 atom stereocenters. The normalized spacial score (nSPS) is 11.4. The number of halogens is 5. The third-order valence-corrected chi connectivity index (χ3v) is 6.86. The summed E-state index contributed by atoms with van der Waals surface area (Å²) in [5.74, 6) is 0.725. The fourth-order valence-electron chi connectivity index (χ4n) is 3.97. The number of benzene rings is 3. The Morgan fingerprint density at radius 2 is 1.68 bits per heavy atom. The minimum absolute atomic E-state index is 0.0564. The summed E-state index contributed by atoms with van der Waals surface area (Å²) in [5.41, 5.74) is 3.18. The van der Waals surface area contributed by atoms with E-state index in [1.165, 1.54) is 12.1 Å². The van der Waals surface area contributed by atoms with Crippen LogP contribution in [0.4, 0.5) is 29.5 Å². The molecule has 12 heteroatoms. The summed E-state index contributed by atoms with van der Waals surface area (Å²) in [6.45, 7) is 0.689. The van der Waals surface area contributed by atoms with Gasteiger partial charge in [-0.25, -0.2) is 9.78 Å². The smallest absolute Gasteiger partial charge is 0.366 e. The lowest BCUT2D eigenvalue weighted by atomic mass is 10.1. The Morgan fingerprint density at radius 3 is 2.40 bits per heavy atom. The molecular weight excluding hydrogens is 609 g/mol. The maximum absolute atomic E-state index is 12.9. The number of aromatic nitrogens is 3. The number of alkyl halides is 3. The molecule has 0 saturated heterocycles. The highest BCUT2D eigenvalue weighted by Gasteiger charge is 2.30. The number of anilines is 2. The lowest BCUT2D eigenvalue weighted by Crippen LogP contribution is -2.28. The topological polar surface area (TPSA) is 83.3 Å². The molecule has 0 spiro atoms. The third-order valence-electron chi connectivity index (χ3n) is 5.98. The highest BCUT2D eigenvalue weighted by molar-refractivity contribution is 9.10. The number of urea groups is 1. The minimum atomic E-state index is -4.48. The fourth-order valence-corrected chi connectivity index (χ4v) is 4.55. The second kappa shape index (κ2) is 11.6. The first-order valence-corrected chi connectivity index (χ1v) is 13.2. The van der Waals surface area contributed by atoms with Gasteiger partial charge >= 0.3 is 12.2 Å². The van der Waals surface area contributed by atoms with Crippen molar-refractivity contribution in [2.24, 2.45) is 0 Å². The van der Waals surface area contributed by atoms with Crippen LogP contribution in [0.1, 0.15) is 16.7 Å². The maximum atomic E-state index is 12.9. The standard InChI is InChI=1S/C28H21BrClF3N6O/c29-22-16-36-39-25(13-24(38-26(22)39)21-6-1-2-7-23(21)30)34-14-17-8-10-18(11-9-17)15-35-27(40)37-20-5-3-4-19(12-20)28(31,32)33/h1-13,16,34H,14-15H2,(H2,35,37,40). The molecule has 0 saturated carbocycles. The van der Waals surface area contributed by atoms with Gasteiger partial charge in [-0.05, 0) is 51.3 Å². The molecule has 2 aromatic heterocycles. The van der Waals surface area contributed by atoms with Crippen LogP contribution in [0.3, 0.4) is 0 Å². The molecule has 7 nitrogen and oxygen atoms in total. The second-order valence-corrected chi connectivity index (χ2v) is 10.1. The molecule has 0 aliphatic rings. The molecule has 0 bridgehead atoms. The molecule has 2 heterocycles. The van der Waals surface area contributed by atoms with Gasteiger partial charge in [0.25, 0.3) is 0 Å². The summed E-state index contributed by atoms with van der Waals surface area (Å²) in [6.07, 6.45) is -2.81. The number of nitrogens with one attached hydrogen (secondary N) is 3. The summed E-state index contributed by atoms with van der Waals surface area (Å²) in [4.78, 5) is 16.9. The Kier molecular flexibility index (Phi) is 7.95. The van der Waals surface area contributed by atoms with Gasteiger partial charge in [0.05, 0.1) is 21.9 Å². The lowest BCUT2D eigenvalue weighted by Gasteiger charge is -2.12. The van der Waals surface area contributed by atoms with Crippen molar-refractivity contribution in [2.75, 3.05) is 10.6 Å². The van der Waals surface area contributed by atoms with Gasteiger partial charge in [0.1, 0.15) is 5.82 Å². The van der Waals surface area contributed by atoms with Gasteiger partial charge < -0.3 is 16.0 Å². The van der Waals surface area contributed by atoms with Gasteiger partial charge in [0.2, 0.25) is 0 Å². The summed E-state index contributed by atoms with van der Waals surface area (Å²) < 4.78 is 41.1. The first-order valence-electron chi connectivity index (χ1n) is 12.0. The van der Waals surface area contributed by atoms with E-state index >= 15 is 0 Å². The minimum Gasteiger partial charge on any atom is -0.366 e. The Bertz CT molecular complexity index is 1670. The highest BCUT2D eigenvalue weighted by atomic mass is 79.9. The molecule has 0 fully saturated rings. The SMILES string of the molecule is O=C(NCc1ccc(CNc2cc(-c3ccccc3Cl)nc3c(Br)cnn23)cc1)Nc1cccc(C(F)(F)F)c1. The van der Waals surface area contributed by atoms with E-state index in [-0.39, 0.29) is 12.2 Å². The summed E-state index contributed by atoms with van der Waals surface area (Å²) in [5, 5.41) is 13.5. The number of amides is 2. The summed E-state index contributed by atoms with van der Waals surface area (Å²) in [7, 11) is 0. The maximum Gasteiger partial charge on any atom is 0.416 e. The van der Waals surface area contributed by atoms with Crippen molar-refractivity contribution < 1.29 is 18.0 Å². The van der Waals surface area contributed by atoms with Gasteiger partial charge in [0.15, 0.2) is 5.65 Å². The van der Waals surface area contributed by atoms with Gasteiger partial charge in [-0.15, -0.1) is 0 Å². The first-order chi connectivity index (χ1) is 19.2. The van der Waals surface area contributed by atoms with E-state index in [2.05, 4.69) is 37.0 Å². The van der Waals surface area contributed by atoms with Crippen LogP contribution >= 0.6 is 27.5 Å². The molecule has 0 radical (unpaired) electrons. The third kappa shape index (κ3) is 6.37. The second-order valence-electron chi connectivity index (χ2n) is 8.79. The van der Waals surface area contributed by atoms with Crippen molar-refractivity contribution in [1.29, 1.82) is 0 Å². The molecular formula is C28H21BrClF3N6O. The van der Waals surface area contributed by atoms with Crippen molar-refractivity contribution >= 4 is 50.7 Å². The molecule has 3 N–H and O–H groups in total. The number of hydrogen-bond acceptors (Lipinski definition) is 4. The summed E-state index contributed by atoms with van der Waals surface area (Å²) >= 11 is 9.90. The van der Waals surface area contributed by atoms with Crippen molar-refractivity contribution in [1.82, 2.24) is 19.9 Å². The highest BCUT2D eigenvalue weighted by Crippen LogP contribution is 2.31. The molecule has 204 valence electrons. The summed E-state index contributed by atoms with van der Waals surface area (Å²) in [6, 6.07) is 20.8. The largest absolute Gasteiger partial charge is 0.416 e. The van der Waals surface area contributed by atoms with Crippen LogP contribution in [0, 0.1) is 0 Å². The van der Waals surface area contributed by atoms with E-state index in [4.69, 9.17) is 16.6 Å². The number of fused-ring (bicyclic) bond motifs is 1. The zero-order valence-corrected chi connectivity index (χ0v) is 23.0. The number of nitrogens with zero attached hydrogens (tertiary/aromatic N) is 3. The van der Waals surface area contributed by atoms with E-state index in [0.717, 1.165) is 39.1 Å². The van der Waals surface area contributed by atoms with E-state index in [1.807, 2.05) is 54.6 Å². The number of rotatable bonds is 7. The Labute approximate surface area is 240 Å². The molecule has 0 unspecified atom stereocenters. The number of hydrogen-bond donors (Lipinski definition) is 3. The van der Waals surface area contributed by atoms with Gasteiger partial charge in [-0.2, -0.15) is 22.8 Å². The molecule has 5 aromatic rings. The van der Waals surface area contributed by atoms with Gasteiger partial charge in [-0.1, -0.05) is 60.1 Å².